The Morgan fingerprint density at radius 3 is 2.86 bits per heavy atom. The maximum atomic E-state index is 12.8. The highest BCUT2D eigenvalue weighted by molar-refractivity contribution is 5.76. The number of rotatable bonds is 4. The molecule has 2 aliphatic carbocycles. The molecule has 1 aliphatic heterocycles. The Morgan fingerprint density at radius 1 is 1.21 bits per heavy atom. The van der Waals surface area contributed by atoms with Crippen LogP contribution in [-0.2, 0) is 24.1 Å². The van der Waals surface area contributed by atoms with Crippen LogP contribution in [0.25, 0.3) is 0 Å². The van der Waals surface area contributed by atoms with E-state index < -0.39 is 6.10 Å². The number of likely N-dealkylation sites (tertiary alicyclic amines) is 1. The lowest BCUT2D eigenvalue weighted by molar-refractivity contribution is -0.130. The zero-order chi connectivity index (χ0) is 19.1. The predicted octanol–water partition coefficient (Wildman–Crippen LogP) is 1.28. The molecule has 0 radical (unpaired) electrons. The van der Waals surface area contributed by atoms with Gasteiger partial charge in [0.1, 0.15) is 12.7 Å². The minimum atomic E-state index is -0.423. The van der Waals surface area contributed by atoms with E-state index in [1.54, 1.807) is 11.0 Å². The molecule has 1 amide bonds. The summed E-state index contributed by atoms with van der Waals surface area (Å²) in [4.78, 5) is 18.9. The zero-order valence-corrected chi connectivity index (χ0v) is 16.1. The first-order chi connectivity index (χ1) is 13.7. The molecule has 0 bridgehead atoms. The van der Waals surface area contributed by atoms with Crippen LogP contribution in [0.1, 0.15) is 55.1 Å². The number of fused-ring (bicyclic) bond motifs is 2. The van der Waals surface area contributed by atoms with Crippen LogP contribution in [0.5, 0.6) is 0 Å². The monoisotopic (exact) mass is 384 g/mol. The minimum Gasteiger partial charge on any atom is -0.391 e. The minimum absolute atomic E-state index is 0.0330. The normalized spacial score (nSPS) is 29.5. The van der Waals surface area contributed by atoms with Gasteiger partial charge in [0, 0.05) is 31.6 Å². The molecule has 150 valence electrons. The average molecular weight is 384 g/mol. The molecule has 0 spiro atoms. The van der Waals surface area contributed by atoms with Crippen LogP contribution in [0.15, 0.2) is 12.7 Å². The van der Waals surface area contributed by atoms with Crippen molar-refractivity contribution in [3.8, 4) is 0 Å². The molecule has 8 heteroatoms. The first kappa shape index (κ1) is 17.8. The van der Waals surface area contributed by atoms with Crippen molar-refractivity contribution >= 4 is 5.91 Å². The van der Waals surface area contributed by atoms with E-state index >= 15 is 0 Å². The van der Waals surface area contributed by atoms with Crippen molar-refractivity contribution in [2.45, 2.75) is 63.5 Å². The Hall–Kier alpha value is -2.22. The Labute approximate surface area is 164 Å². The Kier molecular flexibility index (Phi) is 4.66. The number of carbonyl (C=O) groups is 1. The third-order valence-electron chi connectivity index (χ3n) is 6.96. The second-order valence-corrected chi connectivity index (χ2v) is 8.63. The third kappa shape index (κ3) is 3.23. The van der Waals surface area contributed by atoms with Gasteiger partial charge < -0.3 is 10.0 Å². The van der Waals surface area contributed by atoms with Crippen molar-refractivity contribution in [2.75, 3.05) is 13.1 Å². The molecule has 2 aromatic rings. The van der Waals surface area contributed by atoms with Gasteiger partial charge in [0.25, 0.3) is 0 Å². The van der Waals surface area contributed by atoms with Crippen molar-refractivity contribution in [3.05, 3.63) is 29.6 Å². The summed E-state index contributed by atoms with van der Waals surface area (Å²) >= 11 is 0. The van der Waals surface area contributed by atoms with Gasteiger partial charge in [-0.15, -0.1) is 0 Å². The highest BCUT2D eigenvalue weighted by Crippen LogP contribution is 2.41. The second-order valence-electron chi connectivity index (χ2n) is 8.63. The Bertz CT molecular complexity index is 832. The van der Waals surface area contributed by atoms with Crippen molar-refractivity contribution in [3.63, 3.8) is 0 Å². The highest BCUT2D eigenvalue weighted by Gasteiger charge is 2.43. The quantitative estimate of drug-likeness (QED) is 0.827. The maximum absolute atomic E-state index is 12.8. The number of aliphatic hydroxyl groups excluding tert-OH is 1. The van der Waals surface area contributed by atoms with E-state index in [-0.39, 0.29) is 11.9 Å². The number of aromatic nitrogens is 5. The first-order valence-electron chi connectivity index (χ1n) is 10.5. The van der Waals surface area contributed by atoms with Crippen LogP contribution in [0.4, 0.5) is 0 Å². The first-order valence-corrected chi connectivity index (χ1v) is 10.5. The molecule has 2 aromatic heterocycles. The third-order valence-corrected chi connectivity index (χ3v) is 6.96. The van der Waals surface area contributed by atoms with Crippen LogP contribution < -0.4 is 0 Å². The number of amides is 1. The molecule has 2 fully saturated rings. The van der Waals surface area contributed by atoms with Crippen molar-refractivity contribution in [2.24, 2.45) is 11.8 Å². The Morgan fingerprint density at radius 2 is 2.04 bits per heavy atom. The van der Waals surface area contributed by atoms with Gasteiger partial charge in [0.15, 0.2) is 0 Å². The molecule has 1 saturated heterocycles. The number of aromatic amines is 1. The van der Waals surface area contributed by atoms with Gasteiger partial charge in [-0.05, 0) is 55.9 Å². The molecule has 0 aromatic carbocycles. The van der Waals surface area contributed by atoms with Crippen LogP contribution in [-0.4, -0.2) is 60.1 Å². The van der Waals surface area contributed by atoms with E-state index in [1.165, 1.54) is 30.4 Å². The van der Waals surface area contributed by atoms with Crippen LogP contribution >= 0.6 is 0 Å². The molecule has 1 saturated carbocycles. The zero-order valence-electron chi connectivity index (χ0n) is 16.1. The summed E-state index contributed by atoms with van der Waals surface area (Å²) in [5.41, 5.74) is 3.71. The standard InChI is InChI=1S/C20H28N6O2/c27-19-8-14-10-25(9-13(14)7-18(19)26-12-21-11-22-26)20(28)6-5-17-15-3-1-2-4-16(15)23-24-17/h11-14,18-19,27H,1-10H2,(H,23,24)/t13-,14+,18-,19-/m1/s1. The van der Waals surface area contributed by atoms with E-state index in [0.717, 1.165) is 50.9 Å². The molecule has 3 heterocycles. The summed E-state index contributed by atoms with van der Waals surface area (Å²) in [6, 6.07) is -0.0330. The van der Waals surface area contributed by atoms with Gasteiger partial charge >= 0.3 is 0 Å². The van der Waals surface area contributed by atoms with E-state index in [4.69, 9.17) is 0 Å². The SMILES string of the molecule is O=C(CCc1n[nH]c2c1CCCC2)N1C[C@H]2C[C@@H](n3cncn3)[C@H](O)C[C@H]2C1. The highest BCUT2D eigenvalue weighted by atomic mass is 16.3. The van der Waals surface area contributed by atoms with Gasteiger partial charge in [-0.1, -0.05) is 0 Å². The lowest BCUT2D eigenvalue weighted by Gasteiger charge is -2.34. The number of aryl methyl sites for hydroxylation is 2. The Balaban J connectivity index is 1.19. The summed E-state index contributed by atoms with van der Waals surface area (Å²) in [6.45, 7) is 1.56. The van der Waals surface area contributed by atoms with E-state index in [9.17, 15) is 9.90 Å². The van der Waals surface area contributed by atoms with Crippen LogP contribution in [0.3, 0.4) is 0 Å². The molecule has 28 heavy (non-hydrogen) atoms. The van der Waals surface area contributed by atoms with E-state index in [2.05, 4.69) is 20.3 Å². The summed E-state index contributed by atoms with van der Waals surface area (Å²) in [5, 5.41) is 22.4. The second kappa shape index (κ2) is 7.31. The lowest BCUT2D eigenvalue weighted by Crippen LogP contribution is -2.36. The largest absolute Gasteiger partial charge is 0.391 e. The molecule has 8 nitrogen and oxygen atoms in total. The van der Waals surface area contributed by atoms with Gasteiger partial charge in [-0.2, -0.15) is 10.2 Å². The molecule has 3 aliphatic rings. The fourth-order valence-corrected chi connectivity index (χ4v) is 5.42. The predicted molar refractivity (Wildman–Crippen MR) is 101 cm³/mol. The number of aliphatic hydroxyl groups is 1. The fraction of sp³-hybridized carbons (Fsp3) is 0.700. The van der Waals surface area contributed by atoms with Gasteiger partial charge in [0.05, 0.1) is 17.8 Å². The molecule has 5 rings (SSSR count). The lowest BCUT2D eigenvalue weighted by atomic mass is 9.77. The van der Waals surface area contributed by atoms with Crippen molar-refractivity contribution in [1.29, 1.82) is 0 Å². The van der Waals surface area contributed by atoms with Gasteiger partial charge in [-0.25, -0.2) is 9.67 Å². The maximum Gasteiger partial charge on any atom is 0.222 e. The van der Waals surface area contributed by atoms with Gasteiger partial charge in [0.2, 0.25) is 5.91 Å². The van der Waals surface area contributed by atoms with Crippen LogP contribution in [0, 0.1) is 11.8 Å². The summed E-state index contributed by atoms with van der Waals surface area (Å²) < 4.78 is 1.77. The smallest absolute Gasteiger partial charge is 0.222 e. The number of H-pyrrole nitrogens is 1. The van der Waals surface area contributed by atoms with Crippen LogP contribution in [0.2, 0.25) is 0 Å². The molecule has 4 atom stereocenters. The number of hydrogen-bond donors (Lipinski definition) is 2. The average Bonchev–Trinajstić information content (AvgIpc) is 3.44. The van der Waals surface area contributed by atoms with Crippen molar-refractivity contribution < 1.29 is 9.90 Å². The number of carbonyl (C=O) groups excluding carboxylic acids is 1. The van der Waals surface area contributed by atoms with E-state index in [0.29, 0.717) is 18.3 Å². The summed E-state index contributed by atoms with van der Waals surface area (Å²) in [7, 11) is 0. The van der Waals surface area contributed by atoms with Crippen molar-refractivity contribution in [1.82, 2.24) is 29.9 Å². The molecular weight excluding hydrogens is 356 g/mol. The molecule has 0 unspecified atom stereocenters. The summed E-state index contributed by atoms with van der Waals surface area (Å²) in [6.07, 6.45) is 10.2. The number of nitrogens with zero attached hydrogens (tertiary/aromatic N) is 5. The molecule has 2 N–H and O–H groups in total. The summed E-state index contributed by atoms with van der Waals surface area (Å²) in [5.74, 6) is 1.03. The van der Waals surface area contributed by atoms with E-state index in [1.807, 2.05) is 4.90 Å². The van der Waals surface area contributed by atoms with Gasteiger partial charge in [-0.3, -0.25) is 9.89 Å². The number of nitrogens with one attached hydrogen (secondary N) is 1. The number of hydrogen-bond acceptors (Lipinski definition) is 5. The topological polar surface area (TPSA) is 99.9 Å². The fourth-order valence-electron chi connectivity index (χ4n) is 5.42. The molecular formula is C20H28N6O2.